The lowest BCUT2D eigenvalue weighted by Gasteiger charge is -2.37. The highest BCUT2D eigenvalue weighted by atomic mass is 32.2. The standard InChI is InChI=1S/C17H23N3O3S/c1-23-14-5-2-6-15(10-14)24-12-16(21)19-8-3-4-13(11-19)20-9-7-18-17(20)22/h2,5-6,10,13H,3-4,7-9,11-12H2,1H3,(H,18,22)/t13-/m0/s1. The Labute approximate surface area is 146 Å². The molecular formula is C17H23N3O3S. The SMILES string of the molecule is COc1cccc(SCC(=O)N2CCC[C@H](N3CCNC3=O)C2)c1. The van der Waals surface area contributed by atoms with Gasteiger partial charge in [0.2, 0.25) is 5.91 Å². The van der Waals surface area contributed by atoms with Gasteiger partial charge in [-0.05, 0) is 31.0 Å². The fraction of sp³-hybridized carbons (Fsp3) is 0.529. The van der Waals surface area contributed by atoms with Crippen LogP contribution in [0.25, 0.3) is 0 Å². The van der Waals surface area contributed by atoms with E-state index in [2.05, 4.69) is 5.32 Å². The smallest absolute Gasteiger partial charge is 0.317 e. The second kappa shape index (κ2) is 7.79. The summed E-state index contributed by atoms with van der Waals surface area (Å²) in [6.07, 6.45) is 1.92. The van der Waals surface area contributed by atoms with E-state index in [0.717, 1.165) is 36.6 Å². The molecule has 2 aliphatic heterocycles. The number of ether oxygens (including phenoxy) is 1. The molecule has 0 aromatic heterocycles. The molecule has 1 N–H and O–H groups in total. The van der Waals surface area contributed by atoms with E-state index >= 15 is 0 Å². The Hall–Kier alpha value is -1.89. The number of benzene rings is 1. The van der Waals surface area contributed by atoms with E-state index in [-0.39, 0.29) is 18.0 Å². The van der Waals surface area contributed by atoms with Gasteiger partial charge >= 0.3 is 6.03 Å². The lowest BCUT2D eigenvalue weighted by molar-refractivity contribution is -0.130. The molecule has 3 amide bonds. The van der Waals surface area contributed by atoms with Gasteiger partial charge in [-0.15, -0.1) is 11.8 Å². The lowest BCUT2D eigenvalue weighted by Crippen LogP contribution is -2.51. The zero-order chi connectivity index (χ0) is 16.9. The highest BCUT2D eigenvalue weighted by Gasteiger charge is 2.32. The van der Waals surface area contributed by atoms with E-state index in [0.29, 0.717) is 18.8 Å². The van der Waals surface area contributed by atoms with Crippen molar-refractivity contribution in [3.05, 3.63) is 24.3 Å². The summed E-state index contributed by atoms with van der Waals surface area (Å²) in [6.45, 7) is 2.87. The van der Waals surface area contributed by atoms with Crippen molar-refractivity contribution in [3.8, 4) is 5.75 Å². The number of piperidine rings is 1. The molecule has 24 heavy (non-hydrogen) atoms. The number of carbonyl (C=O) groups excluding carboxylic acids is 2. The molecule has 0 bridgehead atoms. The number of methoxy groups -OCH3 is 1. The number of amides is 3. The number of hydrogen-bond donors (Lipinski definition) is 1. The van der Waals surface area contributed by atoms with Crippen LogP contribution < -0.4 is 10.1 Å². The summed E-state index contributed by atoms with van der Waals surface area (Å²) in [5, 5.41) is 2.84. The Morgan fingerprint density at radius 3 is 3.04 bits per heavy atom. The second-order valence-electron chi connectivity index (χ2n) is 6.03. The van der Waals surface area contributed by atoms with E-state index in [9.17, 15) is 9.59 Å². The summed E-state index contributed by atoms with van der Waals surface area (Å²) < 4.78 is 5.21. The number of nitrogens with one attached hydrogen (secondary N) is 1. The van der Waals surface area contributed by atoms with Crippen LogP contribution in [0.4, 0.5) is 4.79 Å². The first-order valence-corrected chi connectivity index (χ1v) is 9.25. The molecule has 0 saturated carbocycles. The predicted molar refractivity (Wildman–Crippen MR) is 93.4 cm³/mol. The van der Waals surface area contributed by atoms with Crippen LogP contribution in [0.2, 0.25) is 0 Å². The number of hydrogen-bond acceptors (Lipinski definition) is 4. The monoisotopic (exact) mass is 349 g/mol. The first-order chi connectivity index (χ1) is 11.7. The van der Waals surface area contributed by atoms with Gasteiger partial charge in [0.15, 0.2) is 0 Å². The highest BCUT2D eigenvalue weighted by molar-refractivity contribution is 8.00. The summed E-state index contributed by atoms with van der Waals surface area (Å²) in [5.41, 5.74) is 0. The van der Waals surface area contributed by atoms with E-state index in [1.807, 2.05) is 34.1 Å². The summed E-state index contributed by atoms with van der Waals surface area (Å²) in [6, 6.07) is 7.88. The fourth-order valence-electron chi connectivity index (χ4n) is 3.20. The van der Waals surface area contributed by atoms with Crippen molar-refractivity contribution in [3.63, 3.8) is 0 Å². The number of thioether (sulfide) groups is 1. The maximum absolute atomic E-state index is 12.5. The Morgan fingerprint density at radius 2 is 2.29 bits per heavy atom. The largest absolute Gasteiger partial charge is 0.497 e. The van der Waals surface area contributed by atoms with E-state index in [1.54, 1.807) is 7.11 Å². The van der Waals surface area contributed by atoms with Gasteiger partial charge in [-0.2, -0.15) is 0 Å². The van der Waals surface area contributed by atoms with Gasteiger partial charge in [-0.3, -0.25) is 4.79 Å². The molecule has 130 valence electrons. The molecule has 1 atom stereocenters. The average Bonchev–Trinajstić information content (AvgIpc) is 3.06. The Kier molecular flexibility index (Phi) is 5.50. The molecule has 2 aliphatic rings. The number of nitrogens with zero attached hydrogens (tertiary/aromatic N) is 2. The van der Waals surface area contributed by atoms with Crippen molar-refractivity contribution in [1.82, 2.24) is 15.1 Å². The van der Waals surface area contributed by atoms with Crippen LogP contribution in [0.5, 0.6) is 5.75 Å². The summed E-state index contributed by atoms with van der Waals surface area (Å²) >= 11 is 1.52. The number of urea groups is 1. The minimum absolute atomic E-state index is 0.0000505. The van der Waals surface area contributed by atoms with Crippen LogP contribution in [0.3, 0.4) is 0 Å². The second-order valence-corrected chi connectivity index (χ2v) is 7.08. The van der Waals surface area contributed by atoms with Crippen molar-refractivity contribution < 1.29 is 14.3 Å². The maximum atomic E-state index is 12.5. The van der Waals surface area contributed by atoms with Crippen LogP contribution >= 0.6 is 11.8 Å². The molecule has 0 unspecified atom stereocenters. The van der Waals surface area contributed by atoms with Gasteiger partial charge in [-0.1, -0.05) is 6.07 Å². The number of rotatable bonds is 5. The van der Waals surface area contributed by atoms with Crippen molar-refractivity contribution in [1.29, 1.82) is 0 Å². The Balaban J connectivity index is 1.53. The first kappa shape index (κ1) is 17.0. The average molecular weight is 349 g/mol. The summed E-state index contributed by atoms with van der Waals surface area (Å²) in [4.78, 5) is 29.1. The van der Waals surface area contributed by atoms with Crippen LogP contribution in [-0.4, -0.2) is 66.8 Å². The van der Waals surface area contributed by atoms with E-state index in [4.69, 9.17) is 4.74 Å². The molecule has 1 aromatic carbocycles. The number of carbonyl (C=O) groups is 2. The van der Waals surface area contributed by atoms with Crippen LogP contribution in [0.15, 0.2) is 29.2 Å². The molecule has 0 radical (unpaired) electrons. The van der Waals surface area contributed by atoms with Crippen molar-refractivity contribution in [2.24, 2.45) is 0 Å². The predicted octanol–water partition coefficient (Wildman–Crippen LogP) is 1.80. The molecular weight excluding hydrogens is 326 g/mol. The molecule has 2 heterocycles. The maximum Gasteiger partial charge on any atom is 0.317 e. The van der Waals surface area contributed by atoms with E-state index in [1.165, 1.54) is 11.8 Å². The third-order valence-corrected chi connectivity index (χ3v) is 5.46. The molecule has 3 rings (SSSR count). The topological polar surface area (TPSA) is 61.9 Å². The fourth-order valence-corrected chi connectivity index (χ4v) is 4.04. The molecule has 0 spiro atoms. The van der Waals surface area contributed by atoms with Gasteiger partial charge in [0.25, 0.3) is 0 Å². The highest BCUT2D eigenvalue weighted by Crippen LogP contribution is 2.24. The van der Waals surface area contributed by atoms with Gasteiger partial charge in [0.1, 0.15) is 5.75 Å². The molecule has 2 fully saturated rings. The summed E-state index contributed by atoms with van der Waals surface area (Å²) in [7, 11) is 1.64. The minimum Gasteiger partial charge on any atom is -0.497 e. The summed E-state index contributed by atoms with van der Waals surface area (Å²) in [5.74, 6) is 1.34. The van der Waals surface area contributed by atoms with Crippen molar-refractivity contribution >= 4 is 23.7 Å². The van der Waals surface area contributed by atoms with Gasteiger partial charge in [0, 0.05) is 31.1 Å². The molecule has 7 heteroatoms. The molecule has 1 aromatic rings. The first-order valence-electron chi connectivity index (χ1n) is 8.26. The van der Waals surface area contributed by atoms with Crippen molar-refractivity contribution in [2.45, 2.75) is 23.8 Å². The van der Waals surface area contributed by atoms with Crippen LogP contribution in [0, 0.1) is 0 Å². The molecule has 6 nitrogen and oxygen atoms in total. The molecule has 0 aliphatic carbocycles. The third kappa shape index (κ3) is 3.95. The molecule has 2 saturated heterocycles. The van der Waals surface area contributed by atoms with Gasteiger partial charge in [-0.25, -0.2) is 4.79 Å². The zero-order valence-corrected chi connectivity index (χ0v) is 14.7. The zero-order valence-electron chi connectivity index (χ0n) is 13.9. The van der Waals surface area contributed by atoms with Gasteiger partial charge < -0.3 is 19.9 Å². The number of likely N-dealkylation sites (tertiary alicyclic amines) is 1. The van der Waals surface area contributed by atoms with Crippen LogP contribution in [0.1, 0.15) is 12.8 Å². The lowest BCUT2D eigenvalue weighted by atomic mass is 10.0. The Morgan fingerprint density at radius 1 is 1.42 bits per heavy atom. The third-order valence-electron chi connectivity index (χ3n) is 4.48. The van der Waals surface area contributed by atoms with Crippen molar-refractivity contribution in [2.75, 3.05) is 39.0 Å². The van der Waals surface area contributed by atoms with Gasteiger partial charge in [0.05, 0.1) is 18.9 Å². The Bertz CT molecular complexity index is 610. The van der Waals surface area contributed by atoms with E-state index < -0.39 is 0 Å². The minimum atomic E-state index is 0.0000505. The quantitative estimate of drug-likeness (QED) is 0.824. The normalized spacial score (nSPS) is 20.9. The van der Waals surface area contributed by atoms with Crippen LogP contribution in [-0.2, 0) is 4.79 Å².